The average molecular weight is 1120 g/mol. The van der Waals surface area contributed by atoms with Gasteiger partial charge in [0.25, 0.3) is 0 Å². The van der Waals surface area contributed by atoms with E-state index in [0.717, 1.165) is 96.3 Å². The molecule has 10 heteroatoms. The highest BCUT2D eigenvalue weighted by Crippen LogP contribution is 2.43. The van der Waals surface area contributed by atoms with Crippen LogP contribution in [0.2, 0.25) is 0 Å². The first-order valence-electron chi connectivity index (χ1n) is 32.4. The van der Waals surface area contributed by atoms with Crippen LogP contribution in [0.4, 0.5) is 0 Å². The van der Waals surface area contributed by atoms with E-state index in [9.17, 15) is 19.0 Å². The quantitative estimate of drug-likeness (QED) is 0.0264. The Labute approximate surface area is 486 Å². The molecule has 0 amide bonds. The highest BCUT2D eigenvalue weighted by molar-refractivity contribution is 7.47. The van der Waals surface area contributed by atoms with Crippen LogP contribution in [0.5, 0.6) is 0 Å². The lowest BCUT2D eigenvalue weighted by Gasteiger charge is -2.19. The molecule has 0 aliphatic rings. The van der Waals surface area contributed by atoms with Crippen LogP contribution in [-0.4, -0.2) is 49.3 Å². The molecule has 2 atom stereocenters. The van der Waals surface area contributed by atoms with Gasteiger partial charge in [0.2, 0.25) is 0 Å². The predicted octanol–water partition coefficient (Wildman–Crippen LogP) is 21.0. The van der Waals surface area contributed by atoms with Crippen LogP contribution in [0, 0.1) is 0 Å². The van der Waals surface area contributed by atoms with Crippen molar-refractivity contribution in [1.82, 2.24) is 0 Å². The molecular formula is C69H120NO8P. The molecule has 79 heavy (non-hydrogen) atoms. The normalized spacial score (nSPS) is 13.7. The van der Waals surface area contributed by atoms with Crippen LogP contribution in [-0.2, 0) is 32.7 Å². The number of ether oxygens (including phenoxy) is 2. The van der Waals surface area contributed by atoms with Crippen molar-refractivity contribution in [3.8, 4) is 0 Å². The lowest BCUT2D eigenvalue weighted by atomic mass is 10.0. The van der Waals surface area contributed by atoms with Crippen molar-refractivity contribution in [2.45, 2.75) is 290 Å². The Morgan fingerprint density at radius 1 is 0.392 bits per heavy atom. The molecule has 0 aromatic carbocycles. The van der Waals surface area contributed by atoms with Gasteiger partial charge in [-0.1, -0.05) is 277 Å². The molecule has 0 spiro atoms. The smallest absolute Gasteiger partial charge is 0.462 e. The highest BCUT2D eigenvalue weighted by Gasteiger charge is 2.26. The van der Waals surface area contributed by atoms with Crippen molar-refractivity contribution in [3.05, 3.63) is 109 Å². The van der Waals surface area contributed by atoms with E-state index in [1.54, 1.807) is 0 Å². The molecule has 0 fully saturated rings. The number of esters is 2. The number of carbonyl (C=O) groups is 2. The maximum Gasteiger partial charge on any atom is 0.472 e. The van der Waals surface area contributed by atoms with Crippen LogP contribution in [0.1, 0.15) is 284 Å². The maximum absolute atomic E-state index is 12.7. The molecule has 0 radical (unpaired) electrons. The zero-order valence-corrected chi connectivity index (χ0v) is 51.7. The Bertz CT molecular complexity index is 1660. The van der Waals surface area contributed by atoms with Crippen molar-refractivity contribution < 1.29 is 37.6 Å². The molecule has 9 nitrogen and oxygen atoms in total. The van der Waals surface area contributed by atoms with Gasteiger partial charge in [0.05, 0.1) is 13.2 Å². The second kappa shape index (κ2) is 63.8. The van der Waals surface area contributed by atoms with Gasteiger partial charge in [-0.2, -0.15) is 0 Å². The third-order valence-electron chi connectivity index (χ3n) is 13.6. The summed E-state index contributed by atoms with van der Waals surface area (Å²) in [6.07, 6.45) is 87.4. The van der Waals surface area contributed by atoms with E-state index in [4.69, 9.17) is 24.3 Å². The van der Waals surface area contributed by atoms with Gasteiger partial charge in [-0.15, -0.1) is 0 Å². The minimum absolute atomic E-state index is 0.0441. The molecule has 0 aliphatic heterocycles. The van der Waals surface area contributed by atoms with Gasteiger partial charge in [0.15, 0.2) is 6.10 Å². The number of phosphoric acid groups is 1. The van der Waals surface area contributed by atoms with E-state index in [1.807, 2.05) is 0 Å². The Balaban J connectivity index is 4.00. The average Bonchev–Trinajstić information content (AvgIpc) is 3.44. The standard InChI is InChI=1S/C69H120NO8P/c1-3-5-7-9-11-13-15-17-19-21-23-25-27-29-31-33-35-37-39-41-43-45-47-49-51-53-55-57-59-61-68(71)75-65-67(66-77-79(73,74)76-64-63-70)78-69(72)62-60-58-56-54-52-50-48-46-44-42-40-38-36-34-32-30-28-26-24-22-20-18-16-14-12-10-8-6-4-2/h6,8,12,14,18,20-21,23-24,26,30,32,36,38,42,44,48,50,67H,3-5,7,9-11,13,15-17,19,22,25,27-29,31,33-35,37,39-41,43,45-47,49,51-66,70H2,1-2H3,(H,73,74)/b8-6-,14-12-,20-18-,23-21-,26-24-,32-30-,38-36-,44-42-,50-48-. The first-order chi connectivity index (χ1) is 38.8. The fourth-order valence-corrected chi connectivity index (χ4v) is 9.65. The molecule has 3 N–H and O–H groups in total. The van der Waals surface area contributed by atoms with Gasteiger partial charge in [-0.05, 0) is 103 Å². The lowest BCUT2D eigenvalue weighted by molar-refractivity contribution is -0.161. The fraction of sp³-hybridized carbons (Fsp3) is 0.710. The summed E-state index contributed by atoms with van der Waals surface area (Å²) in [7, 11) is -4.41. The first kappa shape index (κ1) is 75.7. The summed E-state index contributed by atoms with van der Waals surface area (Å²) in [4.78, 5) is 35.3. The maximum atomic E-state index is 12.7. The molecule has 0 heterocycles. The van der Waals surface area contributed by atoms with Crippen molar-refractivity contribution >= 4 is 19.8 Å². The Hall–Kier alpha value is -3.33. The first-order valence-corrected chi connectivity index (χ1v) is 33.9. The number of phosphoric ester groups is 1. The van der Waals surface area contributed by atoms with Gasteiger partial charge in [0.1, 0.15) is 6.61 Å². The molecule has 0 saturated heterocycles. The topological polar surface area (TPSA) is 134 Å². The van der Waals surface area contributed by atoms with E-state index in [2.05, 4.69) is 123 Å². The number of hydrogen-bond donors (Lipinski definition) is 2. The summed E-state index contributed by atoms with van der Waals surface area (Å²) in [6.45, 7) is 3.62. The third kappa shape index (κ3) is 63.7. The Morgan fingerprint density at radius 2 is 0.696 bits per heavy atom. The zero-order chi connectivity index (χ0) is 57.3. The monoisotopic (exact) mass is 1120 g/mol. The second-order valence-electron chi connectivity index (χ2n) is 21.2. The number of allylic oxidation sites excluding steroid dienone is 18. The summed E-state index contributed by atoms with van der Waals surface area (Å²) in [5.74, 6) is -0.855. The number of unbranched alkanes of at least 4 members (excludes halogenated alkanes) is 29. The Morgan fingerprint density at radius 3 is 1.05 bits per heavy atom. The van der Waals surface area contributed by atoms with Gasteiger partial charge < -0.3 is 20.1 Å². The molecule has 454 valence electrons. The number of nitrogens with two attached hydrogens (primary N) is 1. The van der Waals surface area contributed by atoms with Gasteiger partial charge in [0, 0.05) is 19.4 Å². The molecule has 0 bridgehead atoms. The lowest BCUT2D eigenvalue weighted by Crippen LogP contribution is -2.29. The van der Waals surface area contributed by atoms with E-state index in [1.165, 1.54) is 154 Å². The van der Waals surface area contributed by atoms with Gasteiger partial charge in [-0.3, -0.25) is 18.6 Å². The fourth-order valence-electron chi connectivity index (χ4n) is 8.88. The van der Waals surface area contributed by atoms with Crippen molar-refractivity contribution in [2.24, 2.45) is 5.73 Å². The minimum Gasteiger partial charge on any atom is -0.462 e. The van der Waals surface area contributed by atoms with Crippen LogP contribution < -0.4 is 5.73 Å². The second-order valence-corrected chi connectivity index (χ2v) is 22.7. The van der Waals surface area contributed by atoms with E-state index in [-0.39, 0.29) is 38.6 Å². The number of carbonyl (C=O) groups excluding carboxylic acids is 2. The summed E-state index contributed by atoms with van der Waals surface area (Å²) >= 11 is 0. The molecule has 0 rings (SSSR count). The van der Waals surface area contributed by atoms with Crippen molar-refractivity contribution in [1.29, 1.82) is 0 Å². The van der Waals surface area contributed by atoms with E-state index in [0.29, 0.717) is 6.42 Å². The predicted molar refractivity (Wildman–Crippen MR) is 339 cm³/mol. The summed E-state index contributed by atoms with van der Waals surface area (Å²) in [6, 6.07) is 0. The van der Waals surface area contributed by atoms with Crippen molar-refractivity contribution in [3.63, 3.8) is 0 Å². The highest BCUT2D eigenvalue weighted by atomic mass is 31.2. The molecule has 0 saturated carbocycles. The van der Waals surface area contributed by atoms with Crippen LogP contribution in [0.15, 0.2) is 109 Å². The van der Waals surface area contributed by atoms with E-state index >= 15 is 0 Å². The Kier molecular flexibility index (Phi) is 61.2. The molecule has 0 aromatic rings. The summed E-state index contributed by atoms with van der Waals surface area (Å²) < 4.78 is 33.1. The van der Waals surface area contributed by atoms with Crippen LogP contribution >= 0.6 is 7.82 Å². The SMILES string of the molecule is CC/C=C\C/C=C\C/C=C\C/C=C\C/C=C\C/C=C\C/C=C\C/C=C\CCCCCCC(=O)OC(COC(=O)CCCCCCCCCCCCCCCCCCC/C=C\CCCCCCCCCC)COP(=O)(O)OCCN. The third-order valence-corrected chi connectivity index (χ3v) is 14.6. The van der Waals surface area contributed by atoms with Gasteiger partial charge in [-0.25, -0.2) is 4.57 Å². The molecule has 0 aromatic heterocycles. The molecule has 2 unspecified atom stereocenters. The summed E-state index contributed by atoms with van der Waals surface area (Å²) in [5, 5.41) is 0. The molecular weight excluding hydrogens is 1000 g/mol. The van der Waals surface area contributed by atoms with E-state index < -0.39 is 26.5 Å². The zero-order valence-electron chi connectivity index (χ0n) is 50.8. The largest absolute Gasteiger partial charge is 0.472 e. The van der Waals surface area contributed by atoms with Crippen LogP contribution in [0.3, 0.4) is 0 Å². The number of hydrogen-bond acceptors (Lipinski definition) is 8. The van der Waals surface area contributed by atoms with Crippen LogP contribution in [0.25, 0.3) is 0 Å². The number of rotatable bonds is 60. The minimum atomic E-state index is -4.41. The molecule has 0 aliphatic carbocycles. The van der Waals surface area contributed by atoms with Crippen molar-refractivity contribution in [2.75, 3.05) is 26.4 Å². The van der Waals surface area contributed by atoms with Gasteiger partial charge >= 0.3 is 19.8 Å². The summed E-state index contributed by atoms with van der Waals surface area (Å²) in [5.41, 5.74) is 5.39.